The summed E-state index contributed by atoms with van der Waals surface area (Å²) in [6.45, 7) is 0.297. The van der Waals surface area contributed by atoms with Gasteiger partial charge in [-0.1, -0.05) is 6.07 Å². The quantitative estimate of drug-likeness (QED) is 0.751. The molecule has 0 unspecified atom stereocenters. The van der Waals surface area contributed by atoms with E-state index in [1.165, 1.54) is 5.56 Å². The highest BCUT2D eigenvalue weighted by Crippen LogP contribution is 2.43. The molecule has 0 atom stereocenters. The van der Waals surface area contributed by atoms with Gasteiger partial charge in [0.05, 0.1) is 12.9 Å². The minimum Gasteiger partial charge on any atom is -0.300 e. The lowest BCUT2D eigenvalue weighted by atomic mass is 9.71. The van der Waals surface area contributed by atoms with Gasteiger partial charge >= 0.3 is 0 Å². The standard InChI is InChI=1S/C16H26N2O3S/c1-18(2)16(15-5-4-11-17-13-15)9-6-14(7-10-16)8-12-21-22(3,19)20/h4-5,11,13-14H,6-10,12H2,1-3H3. The van der Waals surface area contributed by atoms with Gasteiger partial charge in [-0.05, 0) is 63.7 Å². The van der Waals surface area contributed by atoms with E-state index in [0.29, 0.717) is 12.5 Å². The maximum absolute atomic E-state index is 11.0. The van der Waals surface area contributed by atoms with Crippen molar-refractivity contribution < 1.29 is 12.6 Å². The molecule has 1 aromatic heterocycles. The smallest absolute Gasteiger partial charge is 0.264 e. The molecule has 0 saturated heterocycles. The lowest BCUT2D eigenvalue weighted by molar-refractivity contribution is 0.0714. The van der Waals surface area contributed by atoms with Gasteiger partial charge in [-0.15, -0.1) is 0 Å². The molecule has 2 rings (SSSR count). The van der Waals surface area contributed by atoms with Crippen LogP contribution >= 0.6 is 0 Å². The first-order chi connectivity index (χ1) is 10.3. The molecule has 1 heterocycles. The van der Waals surface area contributed by atoms with E-state index >= 15 is 0 Å². The molecule has 0 aromatic carbocycles. The van der Waals surface area contributed by atoms with Crippen molar-refractivity contribution in [3.8, 4) is 0 Å². The Labute approximate surface area is 133 Å². The van der Waals surface area contributed by atoms with Crippen LogP contribution in [0.15, 0.2) is 24.5 Å². The van der Waals surface area contributed by atoms with Crippen molar-refractivity contribution >= 4 is 10.1 Å². The van der Waals surface area contributed by atoms with Crippen LogP contribution in [-0.4, -0.2) is 45.3 Å². The van der Waals surface area contributed by atoms with Gasteiger partial charge in [0.15, 0.2) is 0 Å². The van der Waals surface area contributed by atoms with Gasteiger partial charge in [-0.25, -0.2) is 0 Å². The van der Waals surface area contributed by atoms with E-state index in [4.69, 9.17) is 4.18 Å². The Balaban J connectivity index is 1.96. The molecule has 5 nitrogen and oxygen atoms in total. The van der Waals surface area contributed by atoms with E-state index in [1.807, 2.05) is 12.3 Å². The topological polar surface area (TPSA) is 59.5 Å². The predicted octanol–water partition coefficient (Wildman–Crippen LogP) is 2.40. The van der Waals surface area contributed by atoms with Gasteiger partial charge in [0.25, 0.3) is 10.1 Å². The van der Waals surface area contributed by atoms with E-state index < -0.39 is 10.1 Å². The molecule has 1 fully saturated rings. The number of hydrogen-bond donors (Lipinski definition) is 0. The zero-order valence-electron chi connectivity index (χ0n) is 13.7. The average molecular weight is 326 g/mol. The Morgan fingerprint density at radius 3 is 2.55 bits per heavy atom. The van der Waals surface area contributed by atoms with Gasteiger partial charge in [-0.3, -0.25) is 14.1 Å². The molecule has 124 valence electrons. The Hall–Kier alpha value is -0.980. The number of aromatic nitrogens is 1. The largest absolute Gasteiger partial charge is 0.300 e. The molecule has 1 aliphatic carbocycles. The average Bonchev–Trinajstić information content (AvgIpc) is 2.47. The van der Waals surface area contributed by atoms with Crippen LogP contribution in [0.3, 0.4) is 0 Å². The summed E-state index contributed by atoms with van der Waals surface area (Å²) in [5, 5.41) is 0. The first-order valence-corrected chi connectivity index (χ1v) is 9.57. The van der Waals surface area contributed by atoms with E-state index in [0.717, 1.165) is 38.4 Å². The van der Waals surface area contributed by atoms with Crippen molar-refractivity contribution in [1.29, 1.82) is 0 Å². The van der Waals surface area contributed by atoms with E-state index in [9.17, 15) is 8.42 Å². The molecule has 0 N–H and O–H groups in total. The molecule has 0 radical (unpaired) electrons. The van der Waals surface area contributed by atoms with Crippen LogP contribution in [0.5, 0.6) is 0 Å². The summed E-state index contributed by atoms with van der Waals surface area (Å²) in [7, 11) is 0.929. The highest BCUT2D eigenvalue weighted by Gasteiger charge is 2.38. The van der Waals surface area contributed by atoms with Crippen LogP contribution in [0.1, 0.15) is 37.7 Å². The van der Waals surface area contributed by atoms with Crippen molar-refractivity contribution in [3.63, 3.8) is 0 Å². The molecule has 1 aliphatic rings. The second-order valence-electron chi connectivity index (χ2n) is 6.43. The molecule has 0 amide bonds. The summed E-state index contributed by atoms with van der Waals surface area (Å²) < 4.78 is 26.9. The minimum atomic E-state index is -3.32. The first-order valence-electron chi connectivity index (χ1n) is 7.76. The van der Waals surface area contributed by atoms with Gasteiger partial charge in [0.1, 0.15) is 0 Å². The molecule has 1 saturated carbocycles. The third kappa shape index (κ3) is 4.27. The Bertz CT molecular complexity index is 564. The molecule has 0 aliphatic heterocycles. The molecule has 6 heteroatoms. The van der Waals surface area contributed by atoms with E-state index in [2.05, 4.69) is 30.0 Å². The number of rotatable bonds is 6. The normalized spacial score (nSPS) is 26.3. The van der Waals surface area contributed by atoms with Crippen molar-refractivity contribution in [2.45, 2.75) is 37.6 Å². The molecule has 0 spiro atoms. The van der Waals surface area contributed by atoms with Crippen molar-refractivity contribution in [2.75, 3.05) is 27.0 Å². The second-order valence-corrected chi connectivity index (χ2v) is 8.07. The molecular weight excluding hydrogens is 300 g/mol. The highest BCUT2D eigenvalue weighted by atomic mass is 32.2. The lowest BCUT2D eigenvalue weighted by Gasteiger charge is -2.45. The van der Waals surface area contributed by atoms with E-state index in [1.54, 1.807) is 6.20 Å². The minimum absolute atomic E-state index is 0.0441. The fraction of sp³-hybridized carbons (Fsp3) is 0.688. The second kappa shape index (κ2) is 7.06. The predicted molar refractivity (Wildman–Crippen MR) is 87.0 cm³/mol. The number of pyridine rings is 1. The maximum Gasteiger partial charge on any atom is 0.264 e. The maximum atomic E-state index is 11.0. The Morgan fingerprint density at radius 1 is 1.36 bits per heavy atom. The van der Waals surface area contributed by atoms with Crippen LogP contribution in [0.4, 0.5) is 0 Å². The number of nitrogens with zero attached hydrogens (tertiary/aromatic N) is 2. The number of hydrogen-bond acceptors (Lipinski definition) is 5. The summed E-state index contributed by atoms with van der Waals surface area (Å²) in [5.41, 5.74) is 1.31. The summed E-state index contributed by atoms with van der Waals surface area (Å²) in [6, 6.07) is 4.15. The monoisotopic (exact) mass is 326 g/mol. The lowest BCUT2D eigenvalue weighted by Crippen LogP contribution is -2.44. The Kier molecular flexibility index (Phi) is 5.58. The third-order valence-electron chi connectivity index (χ3n) is 4.81. The van der Waals surface area contributed by atoms with Gasteiger partial charge in [-0.2, -0.15) is 8.42 Å². The van der Waals surface area contributed by atoms with Gasteiger partial charge in [0, 0.05) is 17.9 Å². The van der Waals surface area contributed by atoms with Crippen molar-refractivity contribution in [3.05, 3.63) is 30.1 Å². The fourth-order valence-corrected chi connectivity index (χ4v) is 3.84. The zero-order valence-corrected chi connectivity index (χ0v) is 14.5. The molecule has 22 heavy (non-hydrogen) atoms. The summed E-state index contributed by atoms with van der Waals surface area (Å²) >= 11 is 0. The van der Waals surface area contributed by atoms with Crippen LogP contribution in [0, 0.1) is 5.92 Å². The highest BCUT2D eigenvalue weighted by molar-refractivity contribution is 7.85. The first kappa shape index (κ1) is 17.4. The van der Waals surface area contributed by atoms with Crippen LogP contribution < -0.4 is 0 Å². The fourth-order valence-electron chi connectivity index (χ4n) is 3.44. The molecule has 0 bridgehead atoms. The summed E-state index contributed by atoms with van der Waals surface area (Å²) in [6.07, 6.45) is 9.98. The summed E-state index contributed by atoms with van der Waals surface area (Å²) in [5.74, 6) is 0.534. The molecule has 1 aromatic rings. The van der Waals surface area contributed by atoms with Gasteiger partial charge < -0.3 is 0 Å². The van der Waals surface area contributed by atoms with Gasteiger partial charge in [0.2, 0.25) is 0 Å². The molecular formula is C16H26N2O3S. The van der Waals surface area contributed by atoms with Crippen molar-refractivity contribution in [2.24, 2.45) is 5.92 Å². The van der Waals surface area contributed by atoms with E-state index in [-0.39, 0.29) is 5.54 Å². The summed E-state index contributed by atoms with van der Waals surface area (Å²) in [4.78, 5) is 6.57. The van der Waals surface area contributed by atoms with Crippen LogP contribution in [-0.2, 0) is 19.8 Å². The Morgan fingerprint density at radius 2 is 2.05 bits per heavy atom. The zero-order chi connectivity index (χ0) is 16.2. The van der Waals surface area contributed by atoms with Crippen LogP contribution in [0.2, 0.25) is 0 Å². The van der Waals surface area contributed by atoms with Crippen molar-refractivity contribution in [1.82, 2.24) is 9.88 Å². The third-order valence-corrected chi connectivity index (χ3v) is 5.41. The van der Waals surface area contributed by atoms with Crippen LogP contribution in [0.25, 0.3) is 0 Å². The SMILES string of the molecule is CN(C)C1(c2cccnc2)CCC(CCOS(C)(=O)=O)CC1.